The van der Waals surface area contributed by atoms with E-state index in [4.69, 9.17) is 11.6 Å². The van der Waals surface area contributed by atoms with Crippen LogP contribution in [0.25, 0.3) is 0 Å². The first-order chi connectivity index (χ1) is 11.4. The number of halogens is 1. The number of aromatic nitrogens is 4. The summed E-state index contributed by atoms with van der Waals surface area (Å²) in [5.74, 6) is 1.68. The largest absolute Gasteiger partial charge is 0.362 e. The zero-order valence-electron chi connectivity index (χ0n) is 14.3. The van der Waals surface area contributed by atoms with Crippen LogP contribution in [0.2, 0.25) is 5.02 Å². The predicted octanol–water partition coefficient (Wildman–Crippen LogP) is 1.85. The number of carbonyl (C=O) groups is 1. The molecule has 2 aromatic rings. The number of anilines is 1. The molecule has 0 N–H and O–H groups in total. The second-order valence-electron chi connectivity index (χ2n) is 6.24. The Kier molecular flexibility index (Phi) is 4.45. The Balaban J connectivity index is 1.83. The third-order valence-electron chi connectivity index (χ3n) is 4.21. The van der Waals surface area contributed by atoms with Crippen LogP contribution in [0.3, 0.4) is 0 Å². The molecule has 0 bridgehead atoms. The van der Waals surface area contributed by atoms with Gasteiger partial charge in [0.15, 0.2) is 0 Å². The first-order valence-electron chi connectivity index (χ1n) is 7.89. The number of aryl methyl sites for hydroxylation is 1. The van der Waals surface area contributed by atoms with Gasteiger partial charge in [-0.15, -0.1) is 0 Å². The van der Waals surface area contributed by atoms with Crippen LogP contribution < -0.4 is 4.90 Å². The van der Waals surface area contributed by atoms with Gasteiger partial charge in [0.25, 0.3) is 0 Å². The van der Waals surface area contributed by atoms with Crippen molar-refractivity contribution in [2.75, 3.05) is 25.5 Å². The smallest absolute Gasteiger partial charge is 0.247 e. The molecule has 128 valence electrons. The van der Waals surface area contributed by atoms with Gasteiger partial charge in [0, 0.05) is 32.4 Å². The molecule has 1 atom stereocenters. The monoisotopic (exact) mass is 348 g/mol. The zero-order chi connectivity index (χ0) is 17.4. The third kappa shape index (κ3) is 3.08. The molecule has 0 aliphatic carbocycles. The second-order valence-corrected chi connectivity index (χ2v) is 6.67. The van der Waals surface area contributed by atoms with Crippen LogP contribution in [-0.2, 0) is 17.8 Å². The summed E-state index contributed by atoms with van der Waals surface area (Å²) in [7, 11) is 3.95. The summed E-state index contributed by atoms with van der Waals surface area (Å²) in [6, 6.07) is -0.393. The van der Waals surface area contributed by atoms with E-state index >= 15 is 0 Å². The van der Waals surface area contributed by atoms with Gasteiger partial charge < -0.3 is 9.80 Å². The highest BCUT2D eigenvalue weighted by Crippen LogP contribution is 2.26. The zero-order valence-corrected chi connectivity index (χ0v) is 15.1. The molecule has 1 amide bonds. The lowest BCUT2D eigenvalue weighted by Crippen LogP contribution is -2.41. The molecule has 0 saturated carbocycles. The van der Waals surface area contributed by atoms with Gasteiger partial charge in [0.2, 0.25) is 5.91 Å². The Morgan fingerprint density at radius 3 is 2.75 bits per heavy atom. The van der Waals surface area contributed by atoms with Crippen molar-refractivity contribution in [2.45, 2.75) is 32.9 Å². The molecule has 0 saturated heterocycles. The molecule has 0 spiro atoms. The van der Waals surface area contributed by atoms with Crippen LogP contribution in [0, 0.1) is 6.92 Å². The number of hydrogen-bond donors (Lipinski definition) is 0. The van der Waals surface area contributed by atoms with E-state index in [2.05, 4.69) is 15.1 Å². The maximum absolute atomic E-state index is 12.8. The normalized spacial score (nSPS) is 15.1. The molecule has 2 aromatic heterocycles. The molecule has 1 aliphatic heterocycles. The van der Waals surface area contributed by atoms with Crippen molar-refractivity contribution in [2.24, 2.45) is 0 Å². The number of fused-ring (bicyclic) bond motifs is 1. The summed E-state index contributed by atoms with van der Waals surface area (Å²) in [4.78, 5) is 25.7. The number of carbonyl (C=O) groups excluding carboxylic acids is 1. The molecular weight excluding hydrogens is 328 g/mol. The fraction of sp³-hybridized carbons (Fsp3) is 0.500. The number of rotatable bonds is 3. The van der Waals surface area contributed by atoms with E-state index < -0.39 is 6.04 Å². The van der Waals surface area contributed by atoms with E-state index in [0.29, 0.717) is 18.1 Å². The minimum absolute atomic E-state index is 0.0167. The van der Waals surface area contributed by atoms with E-state index in [1.165, 1.54) is 6.20 Å². The van der Waals surface area contributed by atoms with Gasteiger partial charge in [0.05, 0.1) is 23.5 Å². The van der Waals surface area contributed by atoms with Gasteiger partial charge in [-0.1, -0.05) is 11.6 Å². The lowest BCUT2D eigenvalue weighted by Gasteiger charge is -2.32. The molecule has 1 unspecified atom stereocenters. The van der Waals surface area contributed by atoms with E-state index in [1.54, 1.807) is 10.9 Å². The summed E-state index contributed by atoms with van der Waals surface area (Å²) in [6.07, 6.45) is 3.96. The minimum Gasteiger partial charge on any atom is -0.362 e. The van der Waals surface area contributed by atoms with Gasteiger partial charge in [-0.25, -0.2) is 9.97 Å². The first kappa shape index (κ1) is 16.7. The molecule has 7 nitrogen and oxygen atoms in total. The molecule has 8 heteroatoms. The third-order valence-corrected chi connectivity index (χ3v) is 4.41. The Bertz CT molecular complexity index is 772. The van der Waals surface area contributed by atoms with Gasteiger partial charge in [-0.3, -0.25) is 9.48 Å². The lowest BCUT2D eigenvalue weighted by molar-refractivity contribution is -0.135. The van der Waals surface area contributed by atoms with Crippen molar-refractivity contribution in [3.05, 3.63) is 34.5 Å². The van der Waals surface area contributed by atoms with Gasteiger partial charge in [0.1, 0.15) is 17.7 Å². The summed E-state index contributed by atoms with van der Waals surface area (Å²) in [5.41, 5.74) is 2.06. The maximum Gasteiger partial charge on any atom is 0.247 e. The van der Waals surface area contributed by atoms with E-state index in [9.17, 15) is 4.79 Å². The molecule has 0 aromatic carbocycles. The molecule has 0 radical (unpaired) electrons. The quantitative estimate of drug-likeness (QED) is 0.846. The van der Waals surface area contributed by atoms with Crippen molar-refractivity contribution >= 4 is 23.3 Å². The highest BCUT2D eigenvalue weighted by molar-refractivity contribution is 6.30. The summed E-state index contributed by atoms with van der Waals surface area (Å²) in [6.45, 7) is 4.86. The topological polar surface area (TPSA) is 67.2 Å². The van der Waals surface area contributed by atoms with Gasteiger partial charge >= 0.3 is 0 Å². The van der Waals surface area contributed by atoms with Crippen LogP contribution in [0.1, 0.15) is 30.0 Å². The highest BCUT2D eigenvalue weighted by atomic mass is 35.5. The average molecular weight is 349 g/mol. The van der Waals surface area contributed by atoms with Crippen molar-refractivity contribution < 1.29 is 4.79 Å². The summed E-state index contributed by atoms with van der Waals surface area (Å²) in [5, 5.41) is 4.66. The Hall–Kier alpha value is -2.15. The molecule has 3 heterocycles. The average Bonchev–Trinajstić information content (AvgIpc) is 2.98. The van der Waals surface area contributed by atoms with Crippen LogP contribution in [0.5, 0.6) is 0 Å². The summed E-state index contributed by atoms with van der Waals surface area (Å²) >= 11 is 5.90. The Morgan fingerprint density at radius 2 is 2.12 bits per heavy atom. The van der Waals surface area contributed by atoms with Crippen LogP contribution in [0.15, 0.2) is 12.4 Å². The van der Waals surface area contributed by atoms with Crippen LogP contribution >= 0.6 is 11.6 Å². The van der Waals surface area contributed by atoms with E-state index in [-0.39, 0.29) is 5.91 Å². The Morgan fingerprint density at radius 1 is 1.38 bits per heavy atom. The molecule has 3 rings (SSSR count). The fourth-order valence-electron chi connectivity index (χ4n) is 2.99. The van der Waals surface area contributed by atoms with Crippen molar-refractivity contribution in [1.29, 1.82) is 0 Å². The molecule has 1 aliphatic rings. The standard InChI is InChI=1S/C16H21ClN6O/c1-10(23-8-12(17)7-18-23)16(24)22-6-5-13-14(9-22)19-11(2)20-15(13)21(3)4/h7-8,10H,5-6,9H2,1-4H3. The number of nitrogens with zero attached hydrogens (tertiary/aromatic N) is 6. The fourth-order valence-corrected chi connectivity index (χ4v) is 3.14. The summed E-state index contributed by atoms with van der Waals surface area (Å²) < 4.78 is 1.59. The lowest BCUT2D eigenvalue weighted by atomic mass is 10.0. The molecule has 24 heavy (non-hydrogen) atoms. The van der Waals surface area contributed by atoms with Crippen LogP contribution in [-0.4, -0.2) is 51.2 Å². The first-order valence-corrected chi connectivity index (χ1v) is 8.26. The van der Waals surface area contributed by atoms with Crippen molar-refractivity contribution in [1.82, 2.24) is 24.6 Å². The van der Waals surface area contributed by atoms with Crippen molar-refractivity contribution in [3.63, 3.8) is 0 Å². The molecule has 0 fully saturated rings. The number of hydrogen-bond acceptors (Lipinski definition) is 5. The highest BCUT2D eigenvalue weighted by Gasteiger charge is 2.29. The number of amides is 1. The van der Waals surface area contributed by atoms with Crippen molar-refractivity contribution in [3.8, 4) is 0 Å². The molecular formula is C16H21ClN6O. The van der Waals surface area contributed by atoms with Gasteiger partial charge in [-0.2, -0.15) is 5.10 Å². The second kappa shape index (κ2) is 6.39. The van der Waals surface area contributed by atoms with E-state index in [1.807, 2.05) is 37.7 Å². The maximum atomic E-state index is 12.8. The van der Waals surface area contributed by atoms with E-state index in [0.717, 1.165) is 29.3 Å². The predicted molar refractivity (Wildman–Crippen MR) is 92.2 cm³/mol. The SMILES string of the molecule is Cc1nc2c(c(N(C)C)n1)CCN(C(=O)C(C)n1cc(Cl)cn1)C2. The van der Waals surface area contributed by atoms with Gasteiger partial charge in [-0.05, 0) is 20.3 Å². The van der Waals surface area contributed by atoms with Crippen LogP contribution in [0.4, 0.5) is 5.82 Å². The Labute approximate surface area is 146 Å². The minimum atomic E-state index is -0.393.